The molecular formula is C35H35F2N5O6S. The van der Waals surface area contributed by atoms with Crippen molar-refractivity contribution < 1.29 is 31.5 Å². The summed E-state index contributed by atoms with van der Waals surface area (Å²) in [5.74, 6) is -3.14. The summed E-state index contributed by atoms with van der Waals surface area (Å²) in [6.07, 6.45) is 4.65. The number of esters is 1. The lowest BCUT2D eigenvalue weighted by Crippen LogP contribution is -2.54. The van der Waals surface area contributed by atoms with E-state index in [2.05, 4.69) is 16.5 Å². The number of para-hydroxylation sites is 1. The minimum atomic E-state index is -3.93. The van der Waals surface area contributed by atoms with Gasteiger partial charge in [0.1, 0.15) is 23.1 Å². The minimum Gasteiger partial charge on any atom is -0.426 e. The number of anilines is 1. The van der Waals surface area contributed by atoms with Crippen LogP contribution >= 0.6 is 0 Å². The fourth-order valence-electron chi connectivity index (χ4n) is 6.44. The fourth-order valence-corrected chi connectivity index (χ4v) is 7.33. The number of piperazine rings is 1. The molecule has 3 heterocycles. The number of nitrogens with zero attached hydrogens (tertiary/aromatic N) is 5. The zero-order chi connectivity index (χ0) is 35.2. The van der Waals surface area contributed by atoms with Gasteiger partial charge in [0.2, 0.25) is 5.91 Å². The minimum absolute atomic E-state index is 0.0335. The average molecular weight is 692 g/mol. The van der Waals surface area contributed by atoms with Crippen molar-refractivity contribution in [3.8, 4) is 22.7 Å². The Balaban J connectivity index is 1.69. The maximum Gasteiger partial charge on any atom is 0.355 e. The van der Waals surface area contributed by atoms with E-state index in [0.29, 0.717) is 5.56 Å². The SMILES string of the molecule is C=CC(=O)N1CCN(c2nc(=O)n(-c3c(C4CCC4)cccc3S(C)(=O)=O)c3nc(-c4c(F)cccc4OC(=O)CC)c(F)cc23)[C@@H](C)C1. The Morgan fingerprint density at radius 3 is 2.45 bits per heavy atom. The van der Waals surface area contributed by atoms with Gasteiger partial charge in [0.15, 0.2) is 21.3 Å². The van der Waals surface area contributed by atoms with Crippen LogP contribution in [0, 0.1) is 11.6 Å². The molecular weight excluding hydrogens is 656 g/mol. The molecule has 2 aromatic carbocycles. The van der Waals surface area contributed by atoms with Crippen molar-refractivity contribution in [2.24, 2.45) is 0 Å². The highest BCUT2D eigenvalue weighted by Crippen LogP contribution is 2.42. The lowest BCUT2D eigenvalue weighted by Gasteiger charge is -2.40. The van der Waals surface area contributed by atoms with Crippen LogP contribution in [0.4, 0.5) is 14.6 Å². The largest absolute Gasteiger partial charge is 0.426 e. The van der Waals surface area contributed by atoms with Gasteiger partial charge < -0.3 is 14.5 Å². The molecule has 49 heavy (non-hydrogen) atoms. The lowest BCUT2D eigenvalue weighted by molar-refractivity contribution is -0.134. The summed E-state index contributed by atoms with van der Waals surface area (Å²) in [5.41, 5.74) is -1.40. The monoisotopic (exact) mass is 691 g/mol. The molecule has 1 saturated heterocycles. The number of benzene rings is 2. The first kappa shape index (κ1) is 33.9. The molecule has 1 aliphatic carbocycles. The highest BCUT2D eigenvalue weighted by Gasteiger charge is 2.33. The number of pyridine rings is 1. The second-order valence-corrected chi connectivity index (χ2v) is 14.3. The Morgan fingerprint density at radius 1 is 1.08 bits per heavy atom. The van der Waals surface area contributed by atoms with Crippen LogP contribution in [0.25, 0.3) is 28.0 Å². The maximum absolute atomic E-state index is 16.4. The van der Waals surface area contributed by atoms with Crippen molar-refractivity contribution in [3.63, 3.8) is 0 Å². The molecule has 0 radical (unpaired) electrons. The average Bonchev–Trinajstić information content (AvgIpc) is 3.03. The molecule has 1 atom stereocenters. The molecule has 11 nitrogen and oxygen atoms in total. The Labute approximate surface area is 281 Å². The van der Waals surface area contributed by atoms with E-state index in [1.807, 2.05) is 6.92 Å². The van der Waals surface area contributed by atoms with E-state index in [4.69, 9.17) is 4.74 Å². The van der Waals surface area contributed by atoms with Crippen LogP contribution in [-0.2, 0) is 19.4 Å². The first-order chi connectivity index (χ1) is 23.3. The Bertz CT molecular complexity index is 2180. The summed E-state index contributed by atoms with van der Waals surface area (Å²) in [6, 6.07) is 9.12. The van der Waals surface area contributed by atoms with Crippen LogP contribution in [0.3, 0.4) is 0 Å². The number of hydrogen-bond donors (Lipinski definition) is 0. The number of amides is 1. The van der Waals surface area contributed by atoms with Crippen LogP contribution in [0.1, 0.15) is 51.0 Å². The Hall–Kier alpha value is -4.98. The lowest BCUT2D eigenvalue weighted by atomic mass is 9.79. The quantitative estimate of drug-likeness (QED) is 0.143. The Morgan fingerprint density at radius 2 is 1.82 bits per heavy atom. The second-order valence-electron chi connectivity index (χ2n) is 12.3. The number of ether oxygens (including phenoxy) is 1. The first-order valence-corrected chi connectivity index (χ1v) is 17.9. The van der Waals surface area contributed by atoms with Gasteiger partial charge in [0.25, 0.3) is 0 Å². The third kappa shape index (κ3) is 6.20. The van der Waals surface area contributed by atoms with Crippen molar-refractivity contribution in [2.75, 3.05) is 30.8 Å². The van der Waals surface area contributed by atoms with Gasteiger partial charge >= 0.3 is 11.7 Å². The molecule has 4 aromatic rings. The summed E-state index contributed by atoms with van der Waals surface area (Å²) in [6.45, 7) is 7.68. The van der Waals surface area contributed by atoms with Crippen LogP contribution in [0.2, 0.25) is 0 Å². The van der Waals surface area contributed by atoms with E-state index in [9.17, 15) is 22.8 Å². The molecule has 2 aromatic heterocycles. The van der Waals surface area contributed by atoms with E-state index in [1.54, 1.807) is 28.9 Å². The van der Waals surface area contributed by atoms with Gasteiger partial charge in [-0.3, -0.25) is 9.59 Å². The standard InChI is InChI=1S/C35H35F2N5O6S/c1-5-28(43)40-16-17-41(20(3)19-40)33-23-18-25(37)31(30-24(36)13-9-14-26(30)48-29(44)6-2)38-34(23)42(35(45)39-33)32-22(21-10-7-11-21)12-8-15-27(32)49(4,46)47/h5,8-9,12-15,18,20-21H,1,6-7,10-11,16-17,19H2,2-4H3/t20-/m0/s1. The molecule has 256 valence electrons. The van der Waals surface area contributed by atoms with Gasteiger partial charge in [-0.2, -0.15) is 4.98 Å². The van der Waals surface area contributed by atoms with Crippen molar-refractivity contribution in [1.82, 2.24) is 19.4 Å². The maximum atomic E-state index is 16.4. The summed E-state index contributed by atoms with van der Waals surface area (Å²) < 4.78 is 64.8. The summed E-state index contributed by atoms with van der Waals surface area (Å²) in [4.78, 5) is 51.1. The van der Waals surface area contributed by atoms with Crippen LogP contribution < -0.4 is 15.3 Å². The number of fused-ring (bicyclic) bond motifs is 1. The molecule has 6 rings (SSSR count). The van der Waals surface area contributed by atoms with Gasteiger partial charge in [-0.1, -0.05) is 38.1 Å². The van der Waals surface area contributed by atoms with Gasteiger partial charge in [-0.05, 0) is 61.6 Å². The van der Waals surface area contributed by atoms with Crippen LogP contribution in [0.15, 0.2) is 64.8 Å². The number of aromatic nitrogens is 3. The van der Waals surface area contributed by atoms with Crippen molar-refractivity contribution >= 4 is 38.6 Å². The number of rotatable bonds is 8. The predicted octanol–water partition coefficient (Wildman–Crippen LogP) is 4.94. The summed E-state index contributed by atoms with van der Waals surface area (Å²) in [5, 5.41) is 0.0579. The molecule has 2 aliphatic rings. The number of hydrogen-bond acceptors (Lipinski definition) is 9. The van der Waals surface area contributed by atoms with E-state index < -0.39 is 44.4 Å². The molecule has 0 N–H and O–H groups in total. The van der Waals surface area contributed by atoms with Crippen molar-refractivity contribution in [2.45, 2.75) is 56.4 Å². The highest BCUT2D eigenvalue weighted by atomic mass is 32.2. The predicted molar refractivity (Wildman–Crippen MR) is 180 cm³/mol. The highest BCUT2D eigenvalue weighted by molar-refractivity contribution is 7.90. The number of sulfone groups is 1. The van der Waals surface area contributed by atoms with E-state index in [0.717, 1.165) is 42.2 Å². The molecule has 1 aliphatic heterocycles. The van der Waals surface area contributed by atoms with Gasteiger partial charge in [-0.25, -0.2) is 31.5 Å². The van der Waals surface area contributed by atoms with E-state index in [-0.39, 0.29) is 77.1 Å². The molecule has 14 heteroatoms. The molecule has 0 bridgehead atoms. The molecule has 0 unspecified atom stereocenters. The zero-order valence-corrected chi connectivity index (χ0v) is 28.1. The zero-order valence-electron chi connectivity index (χ0n) is 27.3. The van der Waals surface area contributed by atoms with E-state index in [1.165, 1.54) is 24.3 Å². The topological polar surface area (TPSA) is 132 Å². The van der Waals surface area contributed by atoms with E-state index >= 15 is 8.78 Å². The normalized spacial score (nSPS) is 16.8. The number of carbonyl (C=O) groups excluding carboxylic acids is 2. The molecule has 2 fully saturated rings. The van der Waals surface area contributed by atoms with Gasteiger partial charge in [0, 0.05) is 38.4 Å². The Kier molecular flexibility index (Phi) is 9.09. The van der Waals surface area contributed by atoms with Gasteiger partial charge in [-0.15, -0.1) is 0 Å². The smallest absolute Gasteiger partial charge is 0.355 e. The fraction of sp³-hybridized carbons (Fsp3) is 0.343. The second kappa shape index (κ2) is 13.1. The summed E-state index contributed by atoms with van der Waals surface area (Å²) in [7, 11) is -3.93. The third-order valence-electron chi connectivity index (χ3n) is 9.11. The number of carbonyl (C=O) groups is 2. The molecule has 1 saturated carbocycles. The molecule has 1 amide bonds. The van der Waals surface area contributed by atoms with Crippen LogP contribution in [-0.4, -0.2) is 71.7 Å². The first-order valence-electron chi connectivity index (χ1n) is 16.0. The van der Waals surface area contributed by atoms with Crippen molar-refractivity contribution in [1.29, 1.82) is 0 Å². The molecule has 0 spiro atoms. The van der Waals surface area contributed by atoms with Gasteiger partial charge in [0.05, 0.1) is 21.5 Å². The van der Waals surface area contributed by atoms with Crippen molar-refractivity contribution in [3.05, 3.63) is 82.8 Å². The number of halogens is 2. The third-order valence-corrected chi connectivity index (χ3v) is 10.2. The summed E-state index contributed by atoms with van der Waals surface area (Å²) >= 11 is 0. The van der Waals surface area contributed by atoms with Crippen LogP contribution in [0.5, 0.6) is 5.75 Å².